The fourth-order valence-corrected chi connectivity index (χ4v) is 3.32. The number of nitrogens with one attached hydrogen (secondary N) is 1. The van der Waals surface area contributed by atoms with Crippen LogP contribution >= 0.6 is 11.3 Å². The summed E-state index contributed by atoms with van der Waals surface area (Å²) in [5.41, 5.74) is 4.01. The highest BCUT2D eigenvalue weighted by atomic mass is 32.1. The van der Waals surface area contributed by atoms with Crippen molar-refractivity contribution in [2.45, 2.75) is 12.8 Å². The Kier molecular flexibility index (Phi) is 6.28. The van der Waals surface area contributed by atoms with E-state index in [9.17, 15) is 14.4 Å². The molecule has 1 aromatic carbocycles. The number of hydrogen-bond donors (Lipinski definition) is 1. The first kappa shape index (κ1) is 19.4. The van der Waals surface area contributed by atoms with Crippen LogP contribution in [0.4, 0.5) is 5.13 Å². The van der Waals surface area contributed by atoms with Crippen LogP contribution in [-0.2, 0) is 19.1 Å². The first-order chi connectivity index (χ1) is 13.6. The highest BCUT2D eigenvalue weighted by Gasteiger charge is 2.23. The van der Waals surface area contributed by atoms with Crippen molar-refractivity contribution in [1.29, 1.82) is 0 Å². The molecule has 0 fully saturated rings. The predicted octanol–water partition coefficient (Wildman–Crippen LogP) is 2.14. The molecule has 0 saturated heterocycles. The second kappa shape index (κ2) is 9.05. The van der Waals surface area contributed by atoms with Gasteiger partial charge in [-0.05, 0) is 0 Å². The van der Waals surface area contributed by atoms with E-state index in [1.54, 1.807) is 6.08 Å². The fourth-order valence-electron chi connectivity index (χ4n) is 2.46. The van der Waals surface area contributed by atoms with Crippen LogP contribution in [0, 0.1) is 0 Å². The smallest absolute Gasteiger partial charge is 0.355 e. The Labute approximate surface area is 165 Å². The second-order valence-electron chi connectivity index (χ2n) is 5.84. The Hall–Kier alpha value is -3.33. The van der Waals surface area contributed by atoms with Crippen molar-refractivity contribution in [2.24, 2.45) is 5.10 Å². The number of hydrazone groups is 1. The van der Waals surface area contributed by atoms with Crippen LogP contribution in [-0.4, -0.2) is 41.6 Å². The summed E-state index contributed by atoms with van der Waals surface area (Å²) in [6, 6.07) is 9.61. The van der Waals surface area contributed by atoms with Gasteiger partial charge in [0.2, 0.25) is 5.91 Å². The van der Waals surface area contributed by atoms with Gasteiger partial charge in [-0.25, -0.2) is 15.2 Å². The van der Waals surface area contributed by atoms with Crippen LogP contribution in [0.3, 0.4) is 0 Å². The maximum atomic E-state index is 12.6. The number of aromatic nitrogens is 1. The highest BCUT2D eigenvalue weighted by molar-refractivity contribution is 7.14. The maximum absolute atomic E-state index is 12.6. The van der Waals surface area contributed by atoms with E-state index in [-0.39, 0.29) is 31.0 Å². The van der Waals surface area contributed by atoms with Crippen LogP contribution in [0.2, 0.25) is 0 Å². The average molecular weight is 398 g/mol. The minimum absolute atomic E-state index is 0.0864. The molecule has 3 rings (SSSR count). The Morgan fingerprint density at radius 3 is 2.75 bits per heavy atom. The van der Waals surface area contributed by atoms with Gasteiger partial charge in [-0.15, -0.1) is 17.9 Å². The first-order valence-corrected chi connectivity index (χ1v) is 9.41. The predicted molar refractivity (Wildman–Crippen MR) is 106 cm³/mol. The molecule has 144 valence electrons. The highest BCUT2D eigenvalue weighted by Crippen LogP contribution is 2.27. The number of benzene rings is 1. The summed E-state index contributed by atoms with van der Waals surface area (Å²) in [5, 5.41) is 6.00. The molecule has 0 spiro atoms. The number of hydrogen-bond acceptors (Lipinski definition) is 7. The van der Waals surface area contributed by atoms with Crippen molar-refractivity contribution in [3.63, 3.8) is 0 Å². The Balaban J connectivity index is 1.66. The van der Waals surface area contributed by atoms with Crippen molar-refractivity contribution in [3.05, 3.63) is 48.4 Å². The molecule has 28 heavy (non-hydrogen) atoms. The third-order valence-corrected chi connectivity index (χ3v) is 4.74. The molecular weight excluding hydrogens is 380 g/mol. The van der Waals surface area contributed by atoms with Crippen molar-refractivity contribution in [1.82, 2.24) is 10.4 Å². The van der Waals surface area contributed by atoms with Crippen LogP contribution in [0.25, 0.3) is 11.3 Å². The number of nitrogens with zero attached hydrogens (tertiary/aromatic N) is 3. The zero-order valence-electron chi connectivity index (χ0n) is 15.0. The average Bonchev–Trinajstić information content (AvgIpc) is 3.21. The number of amides is 2. The zero-order valence-corrected chi connectivity index (χ0v) is 15.8. The van der Waals surface area contributed by atoms with Gasteiger partial charge in [0.15, 0.2) is 11.7 Å². The number of rotatable bonds is 7. The molecule has 1 aliphatic heterocycles. The lowest BCUT2D eigenvalue weighted by Crippen LogP contribution is -2.37. The van der Waals surface area contributed by atoms with Crippen molar-refractivity contribution < 1.29 is 19.1 Å². The SMILES string of the molecule is C=CCN(C(=O)COC(=O)C1=NNC(=O)CC1)c1nc(-c2ccccc2)cs1. The Morgan fingerprint density at radius 2 is 2.07 bits per heavy atom. The summed E-state index contributed by atoms with van der Waals surface area (Å²) in [5.74, 6) is -1.42. The Bertz CT molecular complexity index is 923. The minimum Gasteiger partial charge on any atom is -0.451 e. The number of carbonyl (C=O) groups excluding carboxylic acids is 3. The van der Waals surface area contributed by atoms with E-state index in [4.69, 9.17) is 4.74 Å². The quantitative estimate of drug-likeness (QED) is 0.569. The van der Waals surface area contributed by atoms with Gasteiger partial charge < -0.3 is 4.74 Å². The standard InChI is InChI=1S/C19H18N4O4S/c1-2-10-23(19-20-15(12-28-19)13-6-4-3-5-7-13)17(25)11-27-18(26)14-8-9-16(24)22-21-14/h2-7,12H,1,8-11H2,(H,22,24). The van der Waals surface area contributed by atoms with E-state index >= 15 is 0 Å². The normalized spacial score (nSPS) is 13.3. The summed E-state index contributed by atoms with van der Waals surface area (Å²) in [6.07, 6.45) is 1.91. The summed E-state index contributed by atoms with van der Waals surface area (Å²) >= 11 is 1.32. The molecular formula is C19H18N4O4S. The topological polar surface area (TPSA) is 101 Å². The van der Waals surface area contributed by atoms with Crippen LogP contribution in [0.5, 0.6) is 0 Å². The van der Waals surface area contributed by atoms with E-state index in [0.717, 1.165) is 11.3 Å². The van der Waals surface area contributed by atoms with Gasteiger partial charge in [0.05, 0.1) is 5.69 Å². The van der Waals surface area contributed by atoms with Crippen molar-refractivity contribution >= 4 is 40.0 Å². The van der Waals surface area contributed by atoms with Crippen molar-refractivity contribution in [2.75, 3.05) is 18.1 Å². The largest absolute Gasteiger partial charge is 0.451 e. The van der Waals surface area contributed by atoms with Gasteiger partial charge >= 0.3 is 5.97 Å². The van der Waals surface area contributed by atoms with E-state index in [0.29, 0.717) is 5.13 Å². The van der Waals surface area contributed by atoms with Crippen LogP contribution < -0.4 is 10.3 Å². The molecule has 2 heterocycles. The fraction of sp³-hybridized carbons (Fsp3) is 0.211. The number of thiazole rings is 1. The van der Waals surface area contributed by atoms with E-state index in [1.165, 1.54) is 16.2 Å². The lowest BCUT2D eigenvalue weighted by Gasteiger charge is -2.18. The zero-order chi connectivity index (χ0) is 19.9. The number of carbonyl (C=O) groups is 3. The summed E-state index contributed by atoms with van der Waals surface area (Å²) < 4.78 is 5.05. The summed E-state index contributed by atoms with van der Waals surface area (Å²) in [4.78, 5) is 41.6. The molecule has 1 N–H and O–H groups in total. The van der Waals surface area contributed by atoms with E-state index in [1.807, 2.05) is 35.7 Å². The molecule has 2 amide bonds. The molecule has 8 nitrogen and oxygen atoms in total. The Morgan fingerprint density at radius 1 is 1.29 bits per heavy atom. The van der Waals surface area contributed by atoms with Gasteiger partial charge in [0, 0.05) is 30.3 Å². The molecule has 0 radical (unpaired) electrons. The number of ether oxygens (including phenoxy) is 1. The van der Waals surface area contributed by atoms with Gasteiger partial charge in [-0.2, -0.15) is 5.10 Å². The first-order valence-electron chi connectivity index (χ1n) is 8.53. The lowest BCUT2D eigenvalue weighted by molar-refractivity contribution is -0.141. The molecule has 9 heteroatoms. The van der Waals surface area contributed by atoms with Crippen LogP contribution in [0.1, 0.15) is 12.8 Å². The number of anilines is 1. The molecule has 0 atom stereocenters. The minimum atomic E-state index is -0.726. The number of esters is 1. The molecule has 1 aliphatic rings. The summed E-state index contributed by atoms with van der Waals surface area (Å²) in [6.45, 7) is 3.44. The molecule has 0 unspecified atom stereocenters. The van der Waals surface area contributed by atoms with Gasteiger partial charge in [0.25, 0.3) is 5.91 Å². The summed E-state index contributed by atoms with van der Waals surface area (Å²) in [7, 11) is 0. The molecule has 2 aromatic rings. The third-order valence-electron chi connectivity index (χ3n) is 3.87. The molecule has 0 bridgehead atoms. The third kappa shape index (κ3) is 4.68. The van der Waals surface area contributed by atoms with Crippen LogP contribution in [0.15, 0.2) is 53.5 Å². The molecule has 0 aliphatic carbocycles. The molecule has 1 aromatic heterocycles. The van der Waals surface area contributed by atoms with Gasteiger partial charge in [-0.3, -0.25) is 14.5 Å². The van der Waals surface area contributed by atoms with Gasteiger partial charge in [-0.1, -0.05) is 36.4 Å². The van der Waals surface area contributed by atoms with E-state index in [2.05, 4.69) is 22.1 Å². The maximum Gasteiger partial charge on any atom is 0.355 e. The second-order valence-corrected chi connectivity index (χ2v) is 6.68. The molecule has 0 saturated carbocycles. The van der Waals surface area contributed by atoms with Crippen molar-refractivity contribution in [3.8, 4) is 11.3 Å². The monoisotopic (exact) mass is 398 g/mol. The van der Waals surface area contributed by atoms with Gasteiger partial charge in [0.1, 0.15) is 5.71 Å². The van der Waals surface area contributed by atoms with E-state index < -0.39 is 18.5 Å². The lowest BCUT2D eigenvalue weighted by atomic mass is 10.2.